The fourth-order valence-electron chi connectivity index (χ4n) is 3.02. The number of nitrogens with one attached hydrogen (secondary N) is 2. The first-order valence-electron chi connectivity index (χ1n) is 7.88. The van der Waals surface area contributed by atoms with Crippen LogP contribution in [-0.4, -0.2) is 12.5 Å². The Morgan fingerprint density at radius 1 is 1.24 bits per heavy atom. The van der Waals surface area contributed by atoms with E-state index in [1.165, 1.54) is 18.4 Å². The van der Waals surface area contributed by atoms with Gasteiger partial charge in [-0.1, -0.05) is 25.5 Å². The number of rotatable bonds is 5. The number of hydrogen-bond acceptors (Lipinski definition) is 2. The van der Waals surface area contributed by atoms with Crippen molar-refractivity contribution in [3.05, 3.63) is 35.9 Å². The molecule has 21 heavy (non-hydrogen) atoms. The number of hydrogen-bond donors (Lipinski definition) is 2. The standard InChI is InChI=1S/C18H26N2O/c1-4-18(21)20-17-7-5-16(6-8-17)19-12-15-10-13(2)9-14(3)11-15/h5-9,13,15,19H,4,10-12H2,1-3H3,(H,20,21). The lowest BCUT2D eigenvalue weighted by atomic mass is 9.84. The molecule has 0 fully saturated rings. The summed E-state index contributed by atoms with van der Waals surface area (Å²) in [5.74, 6) is 1.45. The Bertz CT molecular complexity index is 504. The van der Waals surface area contributed by atoms with Crippen molar-refractivity contribution in [3.63, 3.8) is 0 Å². The van der Waals surface area contributed by atoms with Gasteiger partial charge in [0.2, 0.25) is 5.91 Å². The average Bonchev–Trinajstić information content (AvgIpc) is 2.45. The second-order valence-corrected chi connectivity index (χ2v) is 6.16. The molecule has 0 saturated carbocycles. The minimum atomic E-state index is 0.0502. The van der Waals surface area contributed by atoms with Crippen molar-refractivity contribution in [1.82, 2.24) is 0 Å². The molecular weight excluding hydrogens is 260 g/mol. The smallest absolute Gasteiger partial charge is 0.224 e. The van der Waals surface area contributed by atoms with Gasteiger partial charge in [-0.15, -0.1) is 0 Å². The van der Waals surface area contributed by atoms with Crippen LogP contribution in [-0.2, 0) is 4.79 Å². The predicted octanol–water partition coefficient (Wildman–Crippen LogP) is 4.44. The van der Waals surface area contributed by atoms with E-state index < -0.39 is 0 Å². The molecule has 1 aliphatic carbocycles. The van der Waals surface area contributed by atoms with Gasteiger partial charge in [0.1, 0.15) is 0 Å². The molecule has 2 unspecified atom stereocenters. The summed E-state index contributed by atoms with van der Waals surface area (Å²) in [5, 5.41) is 6.37. The molecule has 0 aliphatic heterocycles. The van der Waals surface area contributed by atoms with Crippen LogP contribution >= 0.6 is 0 Å². The molecule has 0 radical (unpaired) electrons. The molecule has 0 spiro atoms. The zero-order valence-electron chi connectivity index (χ0n) is 13.3. The lowest BCUT2D eigenvalue weighted by Crippen LogP contribution is -2.20. The van der Waals surface area contributed by atoms with E-state index in [4.69, 9.17) is 0 Å². The van der Waals surface area contributed by atoms with Gasteiger partial charge in [0.25, 0.3) is 0 Å². The van der Waals surface area contributed by atoms with Crippen molar-refractivity contribution in [2.24, 2.45) is 11.8 Å². The molecule has 114 valence electrons. The number of carbonyl (C=O) groups is 1. The van der Waals surface area contributed by atoms with Crippen molar-refractivity contribution in [2.75, 3.05) is 17.2 Å². The predicted molar refractivity (Wildman–Crippen MR) is 89.5 cm³/mol. The molecule has 1 aromatic carbocycles. The van der Waals surface area contributed by atoms with Gasteiger partial charge in [-0.25, -0.2) is 0 Å². The van der Waals surface area contributed by atoms with E-state index in [0.717, 1.165) is 17.9 Å². The van der Waals surface area contributed by atoms with E-state index in [1.54, 1.807) is 0 Å². The maximum absolute atomic E-state index is 11.3. The molecule has 2 rings (SSSR count). The van der Waals surface area contributed by atoms with Crippen LogP contribution < -0.4 is 10.6 Å². The summed E-state index contributed by atoms with van der Waals surface area (Å²) < 4.78 is 0. The number of benzene rings is 1. The first-order chi connectivity index (χ1) is 10.1. The monoisotopic (exact) mass is 286 g/mol. The summed E-state index contributed by atoms with van der Waals surface area (Å²) in [6.07, 6.45) is 5.35. The third kappa shape index (κ3) is 4.92. The Hall–Kier alpha value is -1.77. The summed E-state index contributed by atoms with van der Waals surface area (Å²) in [4.78, 5) is 11.3. The van der Waals surface area contributed by atoms with Gasteiger partial charge in [-0.05, 0) is 55.9 Å². The van der Waals surface area contributed by atoms with Crippen molar-refractivity contribution in [3.8, 4) is 0 Å². The van der Waals surface area contributed by atoms with E-state index in [9.17, 15) is 4.79 Å². The SMILES string of the molecule is CCC(=O)Nc1ccc(NCC2CC(C)=CC(C)C2)cc1. The van der Waals surface area contributed by atoms with E-state index in [-0.39, 0.29) is 5.91 Å². The topological polar surface area (TPSA) is 41.1 Å². The second kappa shape index (κ2) is 7.30. The Morgan fingerprint density at radius 2 is 1.90 bits per heavy atom. The third-order valence-corrected chi connectivity index (χ3v) is 3.97. The summed E-state index contributed by atoms with van der Waals surface area (Å²) >= 11 is 0. The fraction of sp³-hybridized carbons (Fsp3) is 0.500. The largest absolute Gasteiger partial charge is 0.385 e. The lowest BCUT2D eigenvalue weighted by Gasteiger charge is -2.26. The molecule has 0 aromatic heterocycles. The molecule has 0 heterocycles. The highest BCUT2D eigenvalue weighted by molar-refractivity contribution is 5.90. The number of anilines is 2. The van der Waals surface area contributed by atoms with Gasteiger partial charge in [-0.2, -0.15) is 0 Å². The second-order valence-electron chi connectivity index (χ2n) is 6.16. The maximum Gasteiger partial charge on any atom is 0.224 e. The van der Waals surface area contributed by atoms with E-state index in [2.05, 4.69) is 30.6 Å². The molecule has 3 nitrogen and oxygen atoms in total. The van der Waals surface area contributed by atoms with Gasteiger partial charge < -0.3 is 10.6 Å². The maximum atomic E-state index is 11.3. The molecule has 0 saturated heterocycles. The minimum Gasteiger partial charge on any atom is -0.385 e. The molecule has 0 bridgehead atoms. The van der Waals surface area contributed by atoms with Crippen molar-refractivity contribution < 1.29 is 4.79 Å². The van der Waals surface area contributed by atoms with Gasteiger partial charge in [-0.3, -0.25) is 4.79 Å². The first-order valence-corrected chi connectivity index (χ1v) is 7.88. The quantitative estimate of drug-likeness (QED) is 0.786. The Balaban J connectivity index is 1.84. The van der Waals surface area contributed by atoms with Gasteiger partial charge in [0.15, 0.2) is 0 Å². The molecule has 2 atom stereocenters. The molecule has 3 heteroatoms. The zero-order valence-corrected chi connectivity index (χ0v) is 13.3. The summed E-state index contributed by atoms with van der Waals surface area (Å²) in [7, 11) is 0. The Morgan fingerprint density at radius 3 is 2.52 bits per heavy atom. The van der Waals surface area contributed by atoms with Crippen LogP contribution in [0.4, 0.5) is 11.4 Å². The molecule has 1 amide bonds. The highest BCUT2D eigenvalue weighted by atomic mass is 16.1. The van der Waals surface area contributed by atoms with E-state index in [1.807, 2.05) is 31.2 Å². The molecular formula is C18H26N2O. The first kappa shape index (κ1) is 15.6. The Kier molecular flexibility index (Phi) is 5.43. The van der Waals surface area contributed by atoms with Gasteiger partial charge in [0.05, 0.1) is 0 Å². The molecule has 2 N–H and O–H groups in total. The fourth-order valence-corrected chi connectivity index (χ4v) is 3.02. The summed E-state index contributed by atoms with van der Waals surface area (Å²) in [6.45, 7) is 7.39. The van der Waals surface area contributed by atoms with Crippen LogP contribution in [0, 0.1) is 11.8 Å². The average molecular weight is 286 g/mol. The van der Waals surface area contributed by atoms with Crippen LogP contribution in [0.25, 0.3) is 0 Å². The summed E-state index contributed by atoms with van der Waals surface area (Å²) in [6, 6.07) is 7.95. The Labute approximate surface area is 127 Å². The minimum absolute atomic E-state index is 0.0502. The van der Waals surface area contributed by atoms with Gasteiger partial charge in [0, 0.05) is 24.3 Å². The van der Waals surface area contributed by atoms with E-state index in [0.29, 0.717) is 18.3 Å². The third-order valence-electron chi connectivity index (χ3n) is 3.97. The van der Waals surface area contributed by atoms with Crippen molar-refractivity contribution in [2.45, 2.75) is 40.0 Å². The number of carbonyl (C=O) groups excluding carboxylic acids is 1. The molecule has 1 aromatic rings. The highest BCUT2D eigenvalue weighted by Crippen LogP contribution is 2.28. The van der Waals surface area contributed by atoms with Crippen molar-refractivity contribution in [1.29, 1.82) is 0 Å². The van der Waals surface area contributed by atoms with Crippen LogP contribution in [0.1, 0.15) is 40.0 Å². The van der Waals surface area contributed by atoms with Crippen LogP contribution in [0.5, 0.6) is 0 Å². The lowest BCUT2D eigenvalue weighted by molar-refractivity contribution is -0.115. The highest BCUT2D eigenvalue weighted by Gasteiger charge is 2.17. The van der Waals surface area contributed by atoms with Gasteiger partial charge >= 0.3 is 0 Å². The number of allylic oxidation sites excluding steroid dienone is 2. The zero-order chi connectivity index (χ0) is 15.2. The van der Waals surface area contributed by atoms with E-state index >= 15 is 0 Å². The molecule has 1 aliphatic rings. The van der Waals surface area contributed by atoms with Crippen LogP contribution in [0.3, 0.4) is 0 Å². The number of amides is 1. The van der Waals surface area contributed by atoms with Crippen LogP contribution in [0.2, 0.25) is 0 Å². The van der Waals surface area contributed by atoms with Crippen molar-refractivity contribution >= 4 is 17.3 Å². The summed E-state index contributed by atoms with van der Waals surface area (Å²) in [5.41, 5.74) is 3.49. The normalized spacial score (nSPS) is 21.6. The van der Waals surface area contributed by atoms with Crippen LogP contribution in [0.15, 0.2) is 35.9 Å².